The second-order valence-corrected chi connectivity index (χ2v) is 18.1. The van der Waals surface area contributed by atoms with Crippen LogP contribution in [-0.4, -0.2) is 70.7 Å². The molecule has 0 amide bonds. The fraction of sp³-hybridized carbons (Fsp3) is 0.611. The number of allylic oxidation sites excluding steroid dienone is 20. The number of phosphoric acid groups is 1. The SMILES string of the molecule is CC/C=C\C/C=C\C/C=C\C/C=C\C/C=C\CCCCCCCCCCOCC(COP(=O)([O-])OCC[N+](C)(C)C)OC(=O)CCC/C=C\C/C=C\C/C=C\C/C=C\C/C=C\CC. The van der Waals surface area contributed by atoms with Crippen LogP contribution in [0.25, 0.3) is 0 Å². The Balaban J connectivity index is 4.29. The van der Waals surface area contributed by atoms with E-state index in [2.05, 4.69) is 135 Å². The van der Waals surface area contributed by atoms with Crippen LogP contribution in [0, 0.1) is 0 Å². The summed E-state index contributed by atoms with van der Waals surface area (Å²) >= 11 is 0. The van der Waals surface area contributed by atoms with Gasteiger partial charge in [0.15, 0.2) is 0 Å². The van der Waals surface area contributed by atoms with E-state index in [0.717, 1.165) is 96.3 Å². The fourth-order valence-electron chi connectivity index (χ4n) is 5.84. The van der Waals surface area contributed by atoms with E-state index in [1.807, 2.05) is 21.1 Å². The molecule has 0 bridgehead atoms. The van der Waals surface area contributed by atoms with Crippen molar-refractivity contribution in [3.63, 3.8) is 0 Å². The predicted molar refractivity (Wildman–Crippen MR) is 267 cm³/mol. The summed E-state index contributed by atoms with van der Waals surface area (Å²) in [4.78, 5) is 25.1. The van der Waals surface area contributed by atoms with Gasteiger partial charge in [-0.05, 0) is 96.3 Å². The zero-order valence-electron chi connectivity index (χ0n) is 40.5. The minimum Gasteiger partial charge on any atom is -0.756 e. The van der Waals surface area contributed by atoms with Crippen LogP contribution in [0.4, 0.5) is 0 Å². The molecule has 0 spiro atoms. The summed E-state index contributed by atoms with van der Waals surface area (Å²) in [5, 5.41) is 0. The molecular formula is C54H90NO7P. The lowest BCUT2D eigenvalue weighted by atomic mass is 10.1. The highest BCUT2D eigenvalue weighted by Gasteiger charge is 2.20. The highest BCUT2D eigenvalue weighted by molar-refractivity contribution is 7.45. The number of hydrogen-bond acceptors (Lipinski definition) is 7. The Labute approximate surface area is 386 Å². The molecule has 9 heteroatoms. The quantitative estimate of drug-likeness (QED) is 0.0198. The first-order chi connectivity index (χ1) is 30.6. The number of unbranched alkanes of at least 4 members (excludes halogenated alkanes) is 9. The average Bonchev–Trinajstić information content (AvgIpc) is 3.24. The van der Waals surface area contributed by atoms with Crippen LogP contribution in [0.2, 0.25) is 0 Å². The largest absolute Gasteiger partial charge is 0.756 e. The highest BCUT2D eigenvalue weighted by atomic mass is 31.2. The molecule has 63 heavy (non-hydrogen) atoms. The van der Waals surface area contributed by atoms with Gasteiger partial charge in [0.25, 0.3) is 7.82 Å². The number of hydrogen-bond donors (Lipinski definition) is 0. The smallest absolute Gasteiger partial charge is 0.306 e. The van der Waals surface area contributed by atoms with Crippen molar-refractivity contribution in [3.8, 4) is 0 Å². The molecular weight excluding hydrogens is 806 g/mol. The number of carbonyl (C=O) groups is 1. The molecule has 0 N–H and O–H groups in total. The topological polar surface area (TPSA) is 94.1 Å². The number of likely N-dealkylation sites (N-methyl/N-ethyl adjacent to an activating group) is 1. The molecule has 0 aromatic carbocycles. The monoisotopic (exact) mass is 896 g/mol. The maximum atomic E-state index is 12.7. The van der Waals surface area contributed by atoms with Crippen LogP contribution in [-0.2, 0) is 27.9 Å². The van der Waals surface area contributed by atoms with E-state index in [0.29, 0.717) is 24.1 Å². The van der Waals surface area contributed by atoms with Gasteiger partial charge in [-0.1, -0.05) is 174 Å². The molecule has 0 aromatic heterocycles. The number of ether oxygens (including phenoxy) is 2. The zero-order valence-corrected chi connectivity index (χ0v) is 41.4. The second-order valence-electron chi connectivity index (χ2n) is 16.7. The molecule has 0 aliphatic carbocycles. The Bertz CT molecular complexity index is 1410. The van der Waals surface area contributed by atoms with Crippen molar-refractivity contribution in [1.29, 1.82) is 0 Å². The van der Waals surface area contributed by atoms with Crippen molar-refractivity contribution in [3.05, 3.63) is 122 Å². The summed E-state index contributed by atoms with van der Waals surface area (Å²) in [6, 6.07) is 0. The minimum absolute atomic E-state index is 0.00609. The molecule has 0 rings (SSSR count). The summed E-state index contributed by atoms with van der Waals surface area (Å²) in [5.41, 5.74) is 0. The molecule has 0 radical (unpaired) electrons. The van der Waals surface area contributed by atoms with E-state index in [1.165, 1.54) is 32.1 Å². The van der Waals surface area contributed by atoms with Crippen LogP contribution in [0.3, 0.4) is 0 Å². The van der Waals surface area contributed by atoms with Crippen LogP contribution in [0.15, 0.2) is 122 Å². The van der Waals surface area contributed by atoms with E-state index in [-0.39, 0.29) is 26.2 Å². The fourth-order valence-corrected chi connectivity index (χ4v) is 6.57. The van der Waals surface area contributed by atoms with E-state index >= 15 is 0 Å². The predicted octanol–water partition coefficient (Wildman–Crippen LogP) is 14.3. The number of rotatable bonds is 43. The van der Waals surface area contributed by atoms with Crippen LogP contribution in [0.5, 0.6) is 0 Å². The summed E-state index contributed by atoms with van der Waals surface area (Å²) in [5.74, 6) is -0.399. The van der Waals surface area contributed by atoms with Gasteiger partial charge in [0.2, 0.25) is 0 Å². The Morgan fingerprint density at radius 1 is 0.492 bits per heavy atom. The summed E-state index contributed by atoms with van der Waals surface area (Å²) in [7, 11) is 1.29. The Morgan fingerprint density at radius 3 is 1.30 bits per heavy atom. The molecule has 0 aromatic rings. The van der Waals surface area contributed by atoms with E-state index < -0.39 is 19.9 Å². The molecule has 2 atom stereocenters. The van der Waals surface area contributed by atoms with Crippen molar-refractivity contribution in [2.24, 2.45) is 0 Å². The van der Waals surface area contributed by atoms with Gasteiger partial charge in [-0.2, -0.15) is 0 Å². The summed E-state index contributed by atoms with van der Waals surface area (Å²) < 4.78 is 34.6. The molecule has 0 fully saturated rings. The lowest BCUT2D eigenvalue weighted by Crippen LogP contribution is -2.37. The standard InChI is InChI=1S/C54H90NO7P/c1-6-8-10-12-14-16-18-20-22-24-25-26-27-28-29-30-32-34-36-38-40-42-44-46-49-59-51-53(52-61-63(57,58)60-50-48-55(3,4)5)62-54(56)47-45-43-41-39-37-35-33-31-23-21-19-17-15-13-11-9-7-2/h8-11,14-17,20-23,25-26,28-29,33,35,39,41,53H,6-7,12-13,18-19,24,27,30-32,34,36-38,40,42-52H2,1-5H3/b10-8-,11-9-,16-14-,17-15-,22-20-,23-21-,26-25-,29-28-,35-33-,41-39-. The molecule has 0 aliphatic heterocycles. The Hall–Kier alpha value is -3.10. The zero-order chi connectivity index (χ0) is 46.2. The Morgan fingerprint density at radius 2 is 0.873 bits per heavy atom. The lowest BCUT2D eigenvalue weighted by molar-refractivity contribution is -0.870. The maximum absolute atomic E-state index is 12.7. The van der Waals surface area contributed by atoms with Crippen molar-refractivity contribution >= 4 is 13.8 Å². The lowest BCUT2D eigenvalue weighted by Gasteiger charge is -2.28. The van der Waals surface area contributed by atoms with Gasteiger partial charge in [-0.15, -0.1) is 0 Å². The van der Waals surface area contributed by atoms with Crippen molar-refractivity contribution < 1.29 is 37.3 Å². The number of quaternary nitrogens is 1. The molecule has 358 valence electrons. The van der Waals surface area contributed by atoms with Gasteiger partial charge in [-0.25, -0.2) is 0 Å². The first kappa shape index (κ1) is 59.9. The number of carbonyl (C=O) groups excluding carboxylic acids is 1. The van der Waals surface area contributed by atoms with E-state index in [4.69, 9.17) is 18.5 Å². The molecule has 0 heterocycles. The van der Waals surface area contributed by atoms with Gasteiger partial charge in [0, 0.05) is 13.0 Å². The summed E-state index contributed by atoms with van der Waals surface area (Å²) in [6.07, 6.45) is 65.2. The van der Waals surface area contributed by atoms with Crippen LogP contribution >= 0.6 is 7.82 Å². The van der Waals surface area contributed by atoms with Gasteiger partial charge < -0.3 is 27.9 Å². The average molecular weight is 896 g/mol. The van der Waals surface area contributed by atoms with Gasteiger partial charge >= 0.3 is 5.97 Å². The third kappa shape index (κ3) is 49.8. The minimum atomic E-state index is -4.56. The van der Waals surface area contributed by atoms with Crippen molar-refractivity contribution in [1.82, 2.24) is 0 Å². The van der Waals surface area contributed by atoms with E-state index in [9.17, 15) is 14.3 Å². The normalized spacial score (nSPS) is 14.7. The molecule has 0 saturated carbocycles. The van der Waals surface area contributed by atoms with Crippen LogP contribution < -0.4 is 4.89 Å². The first-order valence-corrected chi connectivity index (χ1v) is 25.7. The Kier molecular flexibility index (Phi) is 43.2. The maximum Gasteiger partial charge on any atom is 0.306 e. The van der Waals surface area contributed by atoms with Gasteiger partial charge in [0.1, 0.15) is 19.3 Å². The number of nitrogens with zero attached hydrogens (tertiary/aromatic N) is 1. The van der Waals surface area contributed by atoms with Crippen molar-refractivity contribution in [2.75, 3.05) is 54.1 Å². The summed E-state index contributed by atoms with van der Waals surface area (Å²) in [6.45, 7) is 5.05. The molecule has 8 nitrogen and oxygen atoms in total. The molecule has 2 unspecified atom stereocenters. The van der Waals surface area contributed by atoms with E-state index in [1.54, 1.807) is 0 Å². The third-order valence-corrected chi connectivity index (χ3v) is 10.5. The highest BCUT2D eigenvalue weighted by Crippen LogP contribution is 2.38. The van der Waals surface area contributed by atoms with Gasteiger partial charge in [-0.3, -0.25) is 9.36 Å². The second kappa shape index (κ2) is 45.5. The number of esters is 1. The van der Waals surface area contributed by atoms with Crippen molar-refractivity contribution in [2.45, 2.75) is 161 Å². The number of phosphoric ester groups is 1. The third-order valence-electron chi connectivity index (χ3n) is 9.51. The van der Waals surface area contributed by atoms with Crippen LogP contribution in [0.1, 0.15) is 155 Å². The first-order valence-electron chi connectivity index (χ1n) is 24.3. The molecule has 0 aliphatic rings. The van der Waals surface area contributed by atoms with Gasteiger partial charge in [0.05, 0.1) is 34.4 Å². The molecule has 0 saturated heterocycles.